The van der Waals surface area contributed by atoms with E-state index in [1.54, 1.807) is 19.1 Å². The van der Waals surface area contributed by atoms with Crippen LogP contribution in [0.3, 0.4) is 0 Å². The van der Waals surface area contributed by atoms with Gasteiger partial charge in [0.1, 0.15) is 49.3 Å². The summed E-state index contributed by atoms with van der Waals surface area (Å²) in [5.41, 5.74) is 0.411. The van der Waals surface area contributed by atoms with Gasteiger partial charge in [0.25, 0.3) is 10.1 Å². The molecule has 14 heteroatoms. The summed E-state index contributed by atoms with van der Waals surface area (Å²) in [6.45, 7) is -0.998. The van der Waals surface area contributed by atoms with Gasteiger partial charge in [-0.15, -0.1) is 0 Å². The summed E-state index contributed by atoms with van der Waals surface area (Å²) < 4.78 is 45.9. The largest absolute Gasteiger partial charge is 0.394 e. The molecule has 1 aromatic rings. The topological polar surface area (TPSA) is 213 Å². The van der Waals surface area contributed by atoms with Crippen molar-refractivity contribution in [2.75, 3.05) is 19.8 Å². The van der Waals surface area contributed by atoms with Crippen LogP contribution in [0.4, 0.5) is 0 Å². The molecule has 3 rings (SSSR count). The second-order valence-corrected chi connectivity index (χ2v) is 9.46. The number of hydrogen-bond acceptors (Lipinski definition) is 13. The van der Waals surface area contributed by atoms with Crippen molar-refractivity contribution in [2.24, 2.45) is 0 Å². The molecule has 2 aliphatic heterocycles. The Bertz CT molecular complexity index is 911. The van der Waals surface area contributed by atoms with Gasteiger partial charge in [-0.1, -0.05) is 18.2 Å². The van der Waals surface area contributed by atoms with Gasteiger partial charge in [-0.05, 0) is 18.6 Å². The van der Waals surface area contributed by atoms with Gasteiger partial charge in [0.2, 0.25) is 5.79 Å². The highest BCUT2D eigenvalue weighted by molar-refractivity contribution is 7.86. The van der Waals surface area contributed by atoms with Gasteiger partial charge in [-0.2, -0.15) is 8.42 Å². The molecule has 1 aromatic carbocycles. The molecule has 0 unspecified atom stereocenters. The minimum atomic E-state index is -4.27. The molecule has 2 heterocycles. The second kappa shape index (κ2) is 10.2. The number of hydrogen-bond donors (Lipinski definition) is 7. The first-order valence-electron chi connectivity index (χ1n) is 10.1. The van der Waals surface area contributed by atoms with Gasteiger partial charge in [0.15, 0.2) is 6.29 Å². The predicted molar refractivity (Wildman–Crippen MR) is 106 cm³/mol. The molecule has 2 fully saturated rings. The zero-order valence-electron chi connectivity index (χ0n) is 17.5. The maximum atomic E-state index is 12.5. The third-order valence-electron chi connectivity index (χ3n) is 5.64. The van der Waals surface area contributed by atoms with Crippen LogP contribution in [-0.2, 0) is 28.5 Å². The summed E-state index contributed by atoms with van der Waals surface area (Å²) in [5, 5.41) is 69.9. The van der Waals surface area contributed by atoms with Crippen LogP contribution in [0.5, 0.6) is 0 Å². The molecule has 7 N–H and O–H groups in total. The molecular weight excluding hydrogens is 468 g/mol. The Labute approximate surface area is 189 Å². The maximum absolute atomic E-state index is 12.5. The van der Waals surface area contributed by atoms with E-state index in [1.807, 2.05) is 0 Å². The van der Waals surface area contributed by atoms with E-state index in [2.05, 4.69) is 0 Å². The minimum absolute atomic E-state index is 0.116. The lowest BCUT2D eigenvalue weighted by Gasteiger charge is -2.43. The molecule has 33 heavy (non-hydrogen) atoms. The lowest BCUT2D eigenvalue weighted by atomic mass is 9.99. The van der Waals surface area contributed by atoms with Crippen LogP contribution in [0, 0.1) is 6.92 Å². The Hall–Kier alpha value is -1.27. The second-order valence-electron chi connectivity index (χ2n) is 7.88. The first-order valence-corrected chi connectivity index (χ1v) is 11.5. The highest BCUT2D eigenvalue weighted by Crippen LogP contribution is 2.36. The number of ether oxygens (including phenoxy) is 3. The molecule has 0 aliphatic carbocycles. The van der Waals surface area contributed by atoms with Crippen LogP contribution in [0.2, 0.25) is 0 Å². The molecule has 2 saturated heterocycles. The molecular formula is C19H28O13S. The highest BCUT2D eigenvalue weighted by Gasteiger charge is 2.58. The Morgan fingerprint density at radius 2 is 1.64 bits per heavy atom. The predicted octanol–water partition coefficient (Wildman–Crippen LogP) is -3.67. The van der Waals surface area contributed by atoms with Crippen LogP contribution >= 0.6 is 0 Å². The smallest absolute Gasteiger partial charge is 0.297 e. The number of aliphatic hydroxyl groups is 7. The van der Waals surface area contributed by atoms with Gasteiger partial charge in [-0.25, -0.2) is 0 Å². The molecule has 0 spiro atoms. The molecule has 13 nitrogen and oxygen atoms in total. The average molecular weight is 496 g/mol. The molecule has 0 bridgehead atoms. The lowest BCUT2D eigenvalue weighted by molar-refractivity contribution is -0.383. The zero-order chi connectivity index (χ0) is 24.6. The Morgan fingerprint density at radius 1 is 0.970 bits per heavy atom. The van der Waals surface area contributed by atoms with Crippen LogP contribution in [-0.4, -0.2) is 119 Å². The third-order valence-corrected chi connectivity index (χ3v) is 7.08. The average Bonchev–Trinajstić information content (AvgIpc) is 3.03. The standard InChI is InChI=1S/C19H28O13S/c1-9-4-2-3-5-12(9)33(27,28)29-7-11-13(22)15(24)16(25)18(30-11)32-19(8-21)17(26)14(23)10(6-20)31-19/h2-5,10-11,13-18,20-26H,6-8H2,1H3/t10-,11-,13-,14-,15+,16-,17+,18-,19+/m1/s1. The van der Waals surface area contributed by atoms with Crippen molar-refractivity contribution in [3.8, 4) is 0 Å². The number of aliphatic hydroxyl groups excluding tert-OH is 7. The number of rotatable bonds is 8. The van der Waals surface area contributed by atoms with Crippen molar-refractivity contribution < 1.29 is 62.6 Å². The van der Waals surface area contributed by atoms with Gasteiger partial charge in [0, 0.05) is 0 Å². The Morgan fingerprint density at radius 3 is 2.21 bits per heavy atom. The molecule has 0 saturated carbocycles. The molecule has 0 radical (unpaired) electrons. The fourth-order valence-electron chi connectivity index (χ4n) is 3.68. The van der Waals surface area contributed by atoms with Crippen molar-refractivity contribution in [3.63, 3.8) is 0 Å². The van der Waals surface area contributed by atoms with E-state index in [4.69, 9.17) is 18.4 Å². The van der Waals surface area contributed by atoms with Crippen molar-refractivity contribution in [3.05, 3.63) is 29.8 Å². The van der Waals surface area contributed by atoms with Gasteiger partial charge in [-0.3, -0.25) is 4.18 Å². The van der Waals surface area contributed by atoms with Crippen molar-refractivity contribution >= 4 is 10.1 Å². The van der Waals surface area contributed by atoms with Gasteiger partial charge in [0.05, 0.1) is 18.1 Å². The van der Waals surface area contributed by atoms with E-state index < -0.39 is 84.7 Å². The molecule has 0 aromatic heterocycles. The number of aryl methyl sites for hydroxylation is 1. The molecule has 2 aliphatic rings. The third kappa shape index (κ3) is 5.07. The normalized spacial score (nSPS) is 39.6. The van der Waals surface area contributed by atoms with Crippen molar-refractivity contribution in [2.45, 2.75) is 66.6 Å². The van der Waals surface area contributed by atoms with Gasteiger partial charge >= 0.3 is 0 Å². The molecule has 9 atom stereocenters. The van der Waals surface area contributed by atoms with E-state index in [0.717, 1.165) is 0 Å². The van der Waals surface area contributed by atoms with E-state index in [9.17, 15) is 44.2 Å². The van der Waals surface area contributed by atoms with Crippen molar-refractivity contribution in [1.82, 2.24) is 0 Å². The summed E-state index contributed by atoms with van der Waals surface area (Å²) in [6, 6.07) is 6.01. The van der Waals surface area contributed by atoms with Crippen LogP contribution in [0.15, 0.2) is 29.2 Å². The zero-order valence-corrected chi connectivity index (χ0v) is 18.4. The fourth-order valence-corrected chi connectivity index (χ4v) is 4.82. The van der Waals surface area contributed by atoms with Crippen LogP contribution in [0.1, 0.15) is 5.56 Å². The highest BCUT2D eigenvalue weighted by atomic mass is 32.2. The lowest BCUT2D eigenvalue weighted by Crippen LogP contribution is -2.62. The van der Waals surface area contributed by atoms with Crippen molar-refractivity contribution in [1.29, 1.82) is 0 Å². The number of benzene rings is 1. The summed E-state index contributed by atoms with van der Waals surface area (Å²) >= 11 is 0. The monoisotopic (exact) mass is 496 g/mol. The first-order chi connectivity index (χ1) is 15.5. The summed E-state index contributed by atoms with van der Waals surface area (Å²) in [6.07, 6.45) is -13.9. The van der Waals surface area contributed by atoms with Gasteiger partial charge < -0.3 is 50.0 Å². The summed E-state index contributed by atoms with van der Waals surface area (Å²) in [5.74, 6) is -2.35. The SMILES string of the molecule is Cc1ccccc1S(=O)(=O)OC[C@H]1O[C@H](O[C@]2(CO)O[C@H](CO)[C@@H](O)[C@@H]2O)[C@H](O)[C@@H](O)[C@@H]1O. The van der Waals surface area contributed by atoms with Crippen LogP contribution < -0.4 is 0 Å². The summed E-state index contributed by atoms with van der Waals surface area (Å²) in [7, 11) is -4.27. The van der Waals surface area contributed by atoms with E-state index >= 15 is 0 Å². The Kier molecular flexibility index (Phi) is 8.10. The van der Waals surface area contributed by atoms with E-state index in [-0.39, 0.29) is 4.90 Å². The molecule has 188 valence electrons. The molecule has 0 amide bonds. The first kappa shape index (κ1) is 26.3. The Balaban J connectivity index is 1.76. The quantitative estimate of drug-likeness (QED) is 0.173. The minimum Gasteiger partial charge on any atom is -0.394 e. The van der Waals surface area contributed by atoms with Crippen LogP contribution in [0.25, 0.3) is 0 Å². The maximum Gasteiger partial charge on any atom is 0.297 e. The van der Waals surface area contributed by atoms with E-state index in [0.29, 0.717) is 5.56 Å². The summed E-state index contributed by atoms with van der Waals surface area (Å²) in [4.78, 5) is -0.116. The fraction of sp³-hybridized carbons (Fsp3) is 0.684. The van der Waals surface area contributed by atoms with E-state index in [1.165, 1.54) is 12.1 Å².